The molecule has 0 amide bonds. The number of rotatable bonds is 3. The maximum atomic E-state index is 4.72. The molecule has 3 rings (SSSR count). The van der Waals surface area contributed by atoms with Gasteiger partial charge in [0.15, 0.2) is 0 Å². The van der Waals surface area contributed by atoms with E-state index in [9.17, 15) is 0 Å². The molecule has 2 aromatic heterocycles. The lowest BCUT2D eigenvalue weighted by Gasteiger charge is -2.21. The van der Waals surface area contributed by atoms with Crippen molar-refractivity contribution in [2.75, 3.05) is 0 Å². The van der Waals surface area contributed by atoms with Crippen molar-refractivity contribution in [3.63, 3.8) is 0 Å². The van der Waals surface area contributed by atoms with Crippen LogP contribution >= 0.6 is 0 Å². The summed E-state index contributed by atoms with van der Waals surface area (Å²) in [6.07, 6.45) is 12.6. The van der Waals surface area contributed by atoms with Crippen LogP contribution in [0, 0.1) is 6.92 Å². The zero-order valence-electron chi connectivity index (χ0n) is 10.9. The second-order valence-electron chi connectivity index (χ2n) is 5.18. The molecule has 0 radical (unpaired) electrons. The van der Waals surface area contributed by atoms with Crippen molar-refractivity contribution in [1.82, 2.24) is 19.3 Å². The average molecular weight is 244 g/mol. The summed E-state index contributed by atoms with van der Waals surface area (Å²) in [6, 6.07) is 2.75. The molecule has 0 aliphatic heterocycles. The van der Waals surface area contributed by atoms with Crippen LogP contribution < -0.4 is 0 Å². The minimum Gasteiger partial charge on any atom is -0.329 e. The lowest BCUT2D eigenvalue weighted by molar-refractivity contribution is 0.328. The van der Waals surface area contributed by atoms with Gasteiger partial charge in [-0.15, -0.1) is 0 Å². The van der Waals surface area contributed by atoms with Crippen LogP contribution in [0.25, 0.3) is 0 Å². The molecular formula is C14H20N4. The van der Waals surface area contributed by atoms with Gasteiger partial charge in [-0.3, -0.25) is 4.68 Å². The van der Waals surface area contributed by atoms with E-state index in [0.29, 0.717) is 6.04 Å². The summed E-state index contributed by atoms with van der Waals surface area (Å²) >= 11 is 0. The van der Waals surface area contributed by atoms with Crippen LogP contribution in [0.4, 0.5) is 0 Å². The highest BCUT2D eigenvalue weighted by Gasteiger charge is 2.16. The van der Waals surface area contributed by atoms with E-state index in [-0.39, 0.29) is 0 Å². The minimum atomic E-state index is 0.622. The first-order chi connectivity index (χ1) is 8.83. The average Bonchev–Trinajstić information content (AvgIpc) is 3.02. The van der Waals surface area contributed by atoms with Gasteiger partial charge in [0, 0.05) is 18.6 Å². The third-order valence-electron chi connectivity index (χ3n) is 3.87. The fraction of sp³-hybridized carbons (Fsp3) is 0.571. The molecule has 0 N–H and O–H groups in total. The van der Waals surface area contributed by atoms with Crippen LogP contribution in [0.15, 0.2) is 24.7 Å². The molecule has 2 aromatic rings. The van der Waals surface area contributed by atoms with Crippen LogP contribution in [-0.2, 0) is 6.54 Å². The quantitative estimate of drug-likeness (QED) is 0.832. The fourth-order valence-corrected chi connectivity index (χ4v) is 2.76. The Morgan fingerprint density at radius 1 is 1.22 bits per heavy atom. The Balaban J connectivity index is 1.71. The number of hydrogen-bond acceptors (Lipinski definition) is 2. The van der Waals surface area contributed by atoms with Crippen LogP contribution in [0.2, 0.25) is 0 Å². The Bertz CT molecular complexity index is 505. The molecule has 1 fully saturated rings. The highest BCUT2D eigenvalue weighted by atomic mass is 15.3. The monoisotopic (exact) mass is 244 g/mol. The Kier molecular flexibility index (Phi) is 3.17. The van der Waals surface area contributed by atoms with Gasteiger partial charge >= 0.3 is 0 Å². The lowest BCUT2D eigenvalue weighted by atomic mass is 9.96. The summed E-state index contributed by atoms with van der Waals surface area (Å²) in [6.45, 7) is 2.85. The van der Waals surface area contributed by atoms with Crippen molar-refractivity contribution in [3.8, 4) is 0 Å². The normalized spacial score (nSPS) is 17.2. The molecule has 0 aromatic carbocycles. The summed E-state index contributed by atoms with van der Waals surface area (Å²) in [5.74, 6) is 1.04. The molecule has 96 valence electrons. The molecular weight excluding hydrogens is 224 g/mol. The molecule has 0 saturated heterocycles. The predicted molar refractivity (Wildman–Crippen MR) is 70.4 cm³/mol. The van der Waals surface area contributed by atoms with Crippen molar-refractivity contribution < 1.29 is 0 Å². The third kappa shape index (κ3) is 2.33. The van der Waals surface area contributed by atoms with Crippen molar-refractivity contribution in [2.24, 2.45) is 0 Å². The molecule has 2 heterocycles. The minimum absolute atomic E-state index is 0.622. The number of aromatic nitrogens is 4. The molecule has 18 heavy (non-hydrogen) atoms. The third-order valence-corrected chi connectivity index (χ3v) is 3.87. The van der Waals surface area contributed by atoms with E-state index in [4.69, 9.17) is 5.10 Å². The van der Waals surface area contributed by atoms with E-state index in [1.54, 1.807) is 0 Å². The van der Waals surface area contributed by atoms with E-state index in [2.05, 4.69) is 26.5 Å². The fourth-order valence-electron chi connectivity index (χ4n) is 2.76. The van der Waals surface area contributed by atoms with Gasteiger partial charge in [-0.1, -0.05) is 19.3 Å². The van der Waals surface area contributed by atoms with Gasteiger partial charge in [0.25, 0.3) is 0 Å². The highest BCUT2D eigenvalue weighted by molar-refractivity contribution is 5.03. The second-order valence-corrected chi connectivity index (χ2v) is 5.18. The van der Waals surface area contributed by atoms with Crippen molar-refractivity contribution in [3.05, 3.63) is 36.2 Å². The summed E-state index contributed by atoms with van der Waals surface area (Å²) < 4.78 is 4.30. The van der Waals surface area contributed by atoms with E-state index in [1.807, 2.05) is 19.3 Å². The smallest absolute Gasteiger partial charge is 0.105 e. The van der Waals surface area contributed by atoms with Crippen molar-refractivity contribution in [2.45, 2.75) is 51.6 Å². The van der Waals surface area contributed by atoms with Crippen molar-refractivity contribution in [1.29, 1.82) is 0 Å². The van der Waals surface area contributed by atoms with Gasteiger partial charge in [-0.2, -0.15) is 5.10 Å². The summed E-state index contributed by atoms with van der Waals surface area (Å²) in [5.41, 5.74) is 1.13. The maximum absolute atomic E-state index is 4.72. The van der Waals surface area contributed by atoms with E-state index in [1.165, 1.54) is 32.1 Å². The van der Waals surface area contributed by atoms with Crippen LogP contribution in [0.1, 0.15) is 49.7 Å². The second kappa shape index (κ2) is 4.96. The first-order valence-corrected chi connectivity index (χ1v) is 6.85. The van der Waals surface area contributed by atoms with Gasteiger partial charge in [-0.05, 0) is 25.8 Å². The van der Waals surface area contributed by atoms with E-state index >= 15 is 0 Å². The number of nitrogens with zero attached hydrogens (tertiary/aromatic N) is 4. The standard InChI is InChI=1S/C14H20N4/c1-12-15-8-10-17(12)11-13-7-9-18(16-13)14-5-3-2-4-6-14/h7-10,14H,2-6,11H2,1H3. The molecule has 0 unspecified atom stereocenters. The number of imidazole rings is 1. The van der Waals surface area contributed by atoms with Gasteiger partial charge in [-0.25, -0.2) is 4.98 Å². The summed E-state index contributed by atoms with van der Waals surface area (Å²) in [7, 11) is 0. The van der Waals surface area contributed by atoms with Gasteiger partial charge < -0.3 is 4.57 Å². The Morgan fingerprint density at radius 2 is 2.06 bits per heavy atom. The van der Waals surface area contributed by atoms with Gasteiger partial charge in [0.1, 0.15) is 5.82 Å². The SMILES string of the molecule is Cc1nccn1Cc1ccn(C2CCCCC2)n1. The Labute approximate surface area is 108 Å². The molecule has 0 bridgehead atoms. The summed E-state index contributed by atoms with van der Waals surface area (Å²) in [5, 5.41) is 4.72. The summed E-state index contributed by atoms with van der Waals surface area (Å²) in [4.78, 5) is 4.24. The molecule has 0 atom stereocenters. The Morgan fingerprint density at radius 3 is 2.78 bits per heavy atom. The largest absolute Gasteiger partial charge is 0.329 e. The molecule has 1 saturated carbocycles. The first-order valence-electron chi connectivity index (χ1n) is 6.85. The molecule has 4 heteroatoms. The van der Waals surface area contributed by atoms with E-state index < -0.39 is 0 Å². The van der Waals surface area contributed by atoms with Gasteiger partial charge in [0.05, 0.1) is 18.3 Å². The van der Waals surface area contributed by atoms with Crippen LogP contribution in [-0.4, -0.2) is 19.3 Å². The zero-order valence-corrected chi connectivity index (χ0v) is 10.9. The maximum Gasteiger partial charge on any atom is 0.105 e. The molecule has 1 aliphatic rings. The van der Waals surface area contributed by atoms with Gasteiger partial charge in [0.2, 0.25) is 0 Å². The Hall–Kier alpha value is -1.58. The lowest BCUT2D eigenvalue weighted by Crippen LogP contribution is -2.13. The van der Waals surface area contributed by atoms with Crippen molar-refractivity contribution >= 4 is 0 Å². The number of aryl methyl sites for hydroxylation is 1. The highest BCUT2D eigenvalue weighted by Crippen LogP contribution is 2.27. The molecule has 4 nitrogen and oxygen atoms in total. The predicted octanol–water partition coefficient (Wildman–Crippen LogP) is 2.94. The van der Waals surface area contributed by atoms with E-state index in [0.717, 1.165) is 18.1 Å². The molecule has 0 spiro atoms. The van der Waals surface area contributed by atoms with Crippen LogP contribution in [0.3, 0.4) is 0 Å². The first kappa shape index (κ1) is 11.5. The zero-order chi connectivity index (χ0) is 12.4. The topological polar surface area (TPSA) is 35.6 Å². The van der Waals surface area contributed by atoms with Crippen LogP contribution in [0.5, 0.6) is 0 Å². The number of hydrogen-bond donors (Lipinski definition) is 0. The molecule has 1 aliphatic carbocycles.